The predicted octanol–water partition coefficient (Wildman–Crippen LogP) is 3.63. The third kappa shape index (κ3) is 2.12. The van der Waals surface area contributed by atoms with Crippen LogP contribution in [0.2, 0.25) is 0 Å². The molecule has 104 valence electrons. The van der Waals surface area contributed by atoms with Crippen molar-refractivity contribution in [3.8, 4) is 5.75 Å². The van der Waals surface area contributed by atoms with Gasteiger partial charge in [0.25, 0.3) is 0 Å². The maximum atomic E-state index is 13.9. The molecule has 3 nitrogen and oxygen atoms in total. The van der Waals surface area contributed by atoms with Gasteiger partial charge in [0, 0.05) is 5.56 Å². The number of hydrogen-bond donors (Lipinski definition) is 1. The molecule has 0 amide bonds. The average molecular weight is 335 g/mol. The first-order chi connectivity index (χ1) is 8.94. The number of rotatable bonds is 3. The zero-order valence-corrected chi connectivity index (χ0v) is 11.9. The average Bonchev–Trinajstić information content (AvgIpc) is 2.86. The van der Waals surface area contributed by atoms with Crippen LogP contribution in [0.25, 0.3) is 0 Å². The van der Waals surface area contributed by atoms with Gasteiger partial charge in [0.2, 0.25) is 5.82 Å². The first-order valence-electron chi connectivity index (χ1n) is 5.89. The largest absolute Gasteiger partial charge is 0.493 e. The van der Waals surface area contributed by atoms with Crippen molar-refractivity contribution in [1.29, 1.82) is 0 Å². The Hall–Kier alpha value is -1.17. The molecular weight excluding hydrogens is 322 g/mol. The summed E-state index contributed by atoms with van der Waals surface area (Å²) in [6, 6.07) is 1.32. The second kappa shape index (κ2) is 5.07. The van der Waals surface area contributed by atoms with Crippen LogP contribution in [0.5, 0.6) is 5.75 Å². The molecule has 1 saturated carbocycles. The minimum absolute atomic E-state index is 0.0895. The Labute approximate surface area is 117 Å². The summed E-state index contributed by atoms with van der Waals surface area (Å²) in [6.45, 7) is 0. The zero-order valence-electron chi connectivity index (χ0n) is 10.3. The quantitative estimate of drug-likeness (QED) is 0.858. The summed E-state index contributed by atoms with van der Waals surface area (Å²) in [4.78, 5) is 11.6. The van der Waals surface area contributed by atoms with Crippen molar-refractivity contribution in [3.05, 3.63) is 27.7 Å². The van der Waals surface area contributed by atoms with Crippen LogP contribution in [0.15, 0.2) is 10.5 Å². The summed E-state index contributed by atoms with van der Waals surface area (Å²) in [6.07, 6.45) is 2.28. The van der Waals surface area contributed by atoms with E-state index in [0.717, 1.165) is 12.8 Å². The number of methoxy groups -OCH3 is 1. The second-order valence-corrected chi connectivity index (χ2v) is 5.52. The van der Waals surface area contributed by atoms with Crippen molar-refractivity contribution < 1.29 is 23.4 Å². The zero-order chi connectivity index (χ0) is 14.2. The number of aliphatic carboxylic acids is 1. The molecule has 0 aliphatic heterocycles. The molecular formula is C13H13BrF2O3. The Morgan fingerprint density at radius 3 is 2.42 bits per heavy atom. The monoisotopic (exact) mass is 334 g/mol. The lowest BCUT2D eigenvalue weighted by molar-refractivity contribution is -0.143. The fourth-order valence-corrected chi connectivity index (χ4v) is 3.11. The van der Waals surface area contributed by atoms with Gasteiger partial charge in [-0.3, -0.25) is 4.79 Å². The van der Waals surface area contributed by atoms with E-state index in [4.69, 9.17) is 4.74 Å². The van der Waals surface area contributed by atoms with Gasteiger partial charge in [-0.15, -0.1) is 0 Å². The van der Waals surface area contributed by atoms with E-state index in [9.17, 15) is 18.7 Å². The SMILES string of the molecule is COc1c(C2(C(=O)O)CCCC2)cc(Br)c(F)c1F. The summed E-state index contributed by atoms with van der Waals surface area (Å²) in [5.41, 5.74) is -0.992. The fraction of sp³-hybridized carbons (Fsp3) is 0.462. The predicted molar refractivity (Wildman–Crippen MR) is 68.4 cm³/mol. The highest BCUT2D eigenvalue weighted by molar-refractivity contribution is 9.10. The summed E-state index contributed by atoms with van der Waals surface area (Å²) in [5, 5.41) is 9.50. The van der Waals surface area contributed by atoms with Crippen LogP contribution < -0.4 is 4.74 Å². The molecule has 6 heteroatoms. The number of carboxylic acids is 1. The second-order valence-electron chi connectivity index (χ2n) is 4.66. The van der Waals surface area contributed by atoms with Gasteiger partial charge < -0.3 is 9.84 Å². The van der Waals surface area contributed by atoms with Crippen LogP contribution in [0, 0.1) is 11.6 Å². The van der Waals surface area contributed by atoms with Crippen LogP contribution >= 0.6 is 15.9 Å². The lowest BCUT2D eigenvalue weighted by Gasteiger charge is -2.27. The van der Waals surface area contributed by atoms with E-state index < -0.39 is 23.0 Å². The maximum Gasteiger partial charge on any atom is 0.314 e. The summed E-state index contributed by atoms with van der Waals surface area (Å²) < 4.78 is 32.2. The number of carboxylic acid groups (broad SMARTS) is 1. The molecule has 0 bridgehead atoms. The Morgan fingerprint density at radius 2 is 1.95 bits per heavy atom. The molecule has 0 unspecified atom stereocenters. The summed E-state index contributed by atoms with van der Waals surface area (Å²) >= 11 is 2.92. The van der Waals surface area contributed by atoms with E-state index in [1.54, 1.807) is 0 Å². The Bertz CT molecular complexity index is 525. The van der Waals surface area contributed by atoms with E-state index in [-0.39, 0.29) is 15.8 Å². The van der Waals surface area contributed by atoms with Gasteiger partial charge in [-0.05, 0) is 34.8 Å². The van der Waals surface area contributed by atoms with Crippen molar-refractivity contribution in [2.75, 3.05) is 7.11 Å². The summed E-state index contributed by atoms with van der Waals surface area (Å²) in [7, 11) is 1.21. The molecule has 0 spiro atoms. The van der Waals surface area contributed by atoms with E-state index in [2.05, 4.69) is 15.9 Å². The molecule has 1 fully saturated rings. The highest BCUT2D eigenvalue weighted by Crippen LogP contribution is 2.47. The molecule has 0 radical (unpaired) electrons. The normalized spacial score (nSPS) is 17.5. The van der Waals surface area contributed by atoms with E-state index >= 15 is 0 Å². The highest BCUT2D eigenvalue weighted by atomic mass is 79.9. The smallest absolute Gasteiger partial charge is 0.314 e. The van der Waals surface area contributed by atoms with Crippen molar-refractivity contribution in [2.45, 2.75) is 31.1 Å². The molecule has 1 aromatic rings. The van der Waals surface area contributed by atoms with Crippen LogP contribution in [0.4, 0.5) is 8.78 Å². The van der Waals surface area contributed by atoms with Gasteiger partial charge in [0.05, 0.1) is 17.0 Å². The van der Waals surface area contributed by atoms with Crippen LogP contribution in [-0.2, 0) is 10.2 Å². The number of carbonyl (C=O) groups is 1. The maximum absolute atomic E-state index is 13.9. The van der Waals surface area contributed by atoms with Crippen LogP contribution in [0.3, 0.4) is 0 Å². The van der Waals surface area contributed by atoms with E-state index in [1.165, 1.54) is 13.2 Å². The molecule has 19 heavy (non-hydrogen) atoms. The Morgan fingerprint density at radius 1 is 1.37 bits per heavy atom. The standard InChI is InChI=1S/C13H13BrF2O3/c1-19-11-7(6-8(14)9(15)10(11)16)13(12(17)18)4-2-3-5-13/h6H,2-5H2,1H3,(H,17,18). The minimum atomic E-state index is -1.19. The molecule has 0 heterocycles. The van der Waals surface area contributed by atoms with Crippen LogP contribution in [-0.4, -0.2) is 18.2 Å². The van der Waals surface area contributed by atoms with Crippen LogP contribution in [0.1, 0.15) is 31.2 Å². The lowest BCUT2D eigenvalue weighted by atomic mass is 9.78. The number of halogens is 3. The van der Waals surface area contributed by atoms with Crippen molar-refractivity contribution in [3.63, 3.8) is 0 Å². The molecule has 1 aliphatic carbocycles. The van der Waals surface area contributed by atoms with Gasteiger partial charge in [0.1, 0.15) is 0 Å². The van der Waals surface area contributed by atoms with Crippen molar-refractivity contribution in [2.24, 2.45) is 0 Å². The molecule has 1 aromatic carbocycles. The molecule has 1 aliphatic rings. The van der Waals surface area contributed by atoms with Crippen molar-refractivity contribution >= 4 is 21.9 Å². The number of ether oxygens (including phenoxy) is 1. The number of benzene rings is 1. The fourth-order valence-electron chi connectivity index (χ4n) is 2.71. The third-order valence-corrected chi connectivity index (χ3v) is 4.28. The van der Waals surface area contributed by atoms with Gasteiger partial charge in [-0.25, -0.2) is 4.39 Å². The molecule has 0 saturated heterocycles. The van der Waals surface area contributed by atoms with E-state index in [0.29, 0.717) is 12.8 Å². The van der Waals surface area contributed by atoms with Gasteiger partial charge in [-0.1, -0.05) is 12.8 Å². The highest BCUT2D eigenvalue weighted by Gasteiger charge is 2.46. The number of hydrogen-bond acceptors (Lipinski definition) is 2. The van der Waals surface area contributed by atoms with Gasteiger partial charge in [0.15, 0.2) is 11.6 Å². The Balaban J connectivity index is 2.70. The molecule has 0 atom stereocenters. The molecule has 1 N–H and O–H groups in total. The summed E-state index contributed by atoms with van der Waals surface area (Å²) in [5.74, 6) is -3.57. The van der Waals surface area contributed by atoms with Crippen molar-refractivity contribution in [1.82, 2.24) is 0 Å². The molecule has 0 aromatic heterocycles. The topological polar surface area (TPSA) is 46.5 Å². The Kier molecular flexibility index (Phi) is 3.80. The first kappa shape index (κ1) is 14.2. The third-order valence-electron chi connectivity index (χ3n) is 3.70. The lowest BCUT2D eigenvalue weighted by Crippen LogP contribution is -2.33. The van der Waals surface area contributed by atoms with Gasteiger partial charge in [-0.2, -0.15) is 4.39 Å². The first-order valence-corrected chi connectivity index (χ1v) is 6.68. The van der Waals surface area contributed by atoms with Gasteiger partial charge >= 0.3 is 5.97 Å². The molecule has 2 rings (SSSR count). The van der Waals surface area contributed by atoms with E-state index in [1.807, 2.05) is 0 Å². The minimum Gasteiger partial charge on any atom is -0.493 e.